The Bertz CT molecular complexity index is 1110. The SMILES string of the molecule is Cc1cc(C2CCOP(=O)(n3cc(CCN(C)C)c4ccccc43)O2)cc(F)c1F. The van der Waals surface area contributed by atoms with Crippen molar-refractivity contribution in [2.45, 2.75) is 25.9 Å². The zero-order valence-corrected chi connectivity index (χ0v) is 18.2. The van der Waals surface area contributed by atoms with Gasteiger partial charge >= 0.3 is 7.75 Å². The molecule has 2 unspecified atom stereocenters. The molecule has 2 aromatic carbocycles. The molecule has 0 spiro atoms. The number of aromatic nitrogens is 1. The van der Waals surface area contributed by atoms with Gasteiger partial charge in [0, 0.05) is 24.5 Å². The Kier molecular flexibility index (Phi) is 5.82. The van der Waals surface area contributed by atoms with E-state index in [0.717, 1.165) is 35.5 Å². The number of hydrogen-bond acceptors (Lipinski definition) is 4. The van der Waals surface area contributed by atoms with Gasteiger partial charge in [0.05, 0.1) is 18.2 Å². The third-order valence-corrected chi connectivity index (χ3v) is 7.25. The fourth-order valence-corrected chi connectivity index (χ4v) is 5.67. The second-order valence-electron chi connectivity index (χ2n) is 7.89. The van der Waals surface area contributed by atoms with Crippen LogP contribution in [-0.4, -0.2) is 36.5 Å². The highest BCUT2D eigenvalue weighted by Gasteiger charge is 2.38. The monoisotopic (exact) mass is 434 g/mol. The number of rotatable bonds is 5. The molecule has 1 saturated heterocycles. The van der Waals surface area contributed by atoms with Gasteiger partial charge in [-0.05, 0) is 56.3 Å². The molecule has 8 heteroatoms. The van der Waals surface area contributed by atoms with Gasteiger partial charge in [-0.1, -0.05) is 24.3 Å². The smallest absolute Gasteiger partial charge is 0.309 e. The topological polar surface area (TPSA) is 43.7 Å². The Labute approximate surface area is 174 Å². The summed E-state index contributed by atoms with van der Waals surface area (Å²) in [6, 6.07) is 10.3. The molecule has 0 radical (unpaired) electrons. The van der Waals surface area contributed by atoms with Crippen molar-refractivity contribution in [1.29, 1.82) is 0 Å². The van der Waals surface area contributed by atoms with Gasteiger partial charge in [0.2, 0.25) is 0 Å². The molecule has 1 fully saturated rings. The van der Waals surface area contributed by atoms with Crippen molar-refractivity contribution in [2.24, 2.45) is 0 Å². The molecule has 30 heavy (non-hydrogen) atoms. The quantitative estimate of drug-likeness (QED) is 0.500. The molecule has 2 heterocycles. The molecule has 0 bridgehead atoms. The maximum absolute atomic E-state index is 13.9. The highest BCUT2D eigenvalue weighted by molar-refractivity contribution is 7.52. The first kappa shape index (κ1) is 21.2. The molecule has 1 aliphatic heterocycles. The van der Waals surface area contributed by atoms with E-state index in [1.54, 1.807) is 4.34 Å². The third-order valence-electron chi connectivity index (χ3n) is 5.37. The van der Waals surface area contributed by atoms with Crippen LogP contribution in [0.15, 0.2) is 42.6 Å². The van der Waals surface area contributed by atoms with Gasteiger partial charge in [-0.2, -0.15) is 0 Å². The number of likely N-dealkylation sites (N-methyl/N-ethyl adjacent to an activating group) is 1. The summed E-state index contributed by atoms with van der Waals surface area (Å²) in [6.07, 6.45) is 2.37. The predicted molar refractivity (Wildman–Crippen MR) is 113 cm³/mol. The first-order valence-corrected chi connectivity index (χ1v) is 11.4. The highest BCUT2D eigenvalue weighted by atomic mass is 31.2. The van der Waals surface area contributed by atoms with Crippen LogP contribution in [0, 0.1) is 18.6 Å². The summed E-state index contributed by atoms with van der Waals surface area (Å²) in [6.45, 7) is 2.54. The zero-order valence-electron chi connectivity index (χ0n) is 17.3. The van der Waals surface area contributed by atoms with Crippen LogP contribution in [0.2, 0.25) is 0 Å². The summed E-state index contributed by atoms with van der Waals surface area (Å²) in [5.74, 6) is -1.82. The Morgan fingerprint density at radius 1 is 1.23 bits per heavy atom. The first-order chi connectivity index (χ1) is 14.3. The van der Waals surface area contributed by atoms with Gasteiger partial charge in [0.1, 0.15) is 0 Å². The first-order valence-electron chi connectivity index (χ1n) is 9.91. The molecular weight excluding hydrogens is 409 g/mol. The Morgan fingerprint density at radius 2 is 2.00 bits per heavy atom. The van der Waals surface area contributed by atoms with E-state index in [4.69, 9.17) is 9.05 Å². The lowest BCUT2D eigenvalue weighted by molar-refractivity contribution is 0.0768. The minimum atomic E-state index is -3.71. The summed E-state index contributed by atoms with van der Waals surface area (Å²) in [7, 11) is 0.291. The van der Waals surface area contributed by atoms with Gasteiger partial charge in [-0.25, -0.2) is 13.3 Å². The van der Waals surface area contributed by atoms with Crippen molar-refractivity contribution in [3.63, 3.8) is 0 Å². The van der Waals surface area contributed by atoms with Crippen LogP contribution < -0.4 is 0 Å². The van der Waals surface area contributed by atoms with E-state index in [1.165, 1.54) is 13.0 Å². The normalized spacial score (nSPS) is 22.1. The number of fused-ring (bicyclic) bond motifs is 1. The average Bonchev–Trinajstić information content (AvgIpc) is 3.10. The molecule has 160 valence electrons. The third kappa shape index (κ3) is 3.95. The van der Waals surface area contributed by atoms with Gasteiger partial charge < -0.3 is 4.90 Å². The largest absolute Gasteiger partial charge is 0.439 e. The lowest BCUT2D eigenvalue weighted by Crippen LogP contribution is -2.18. The summed E-state index contributed by atoms with van der Waals surface area (Å²) in [5.41, 5.74) is 2.45. The standard InChI is InChI=1S/C22H25F2N2O3P/c1-15-12-17(13-19(23)22(15)24)21-9-11-28-30(27,29-21)26-14-16(8-10-25(2)3)18-6-4-5-7-20(18)26/h4-7,12-14,21H,8-11H2,1-3H3. The predicted octanol–water partition coefficient (Wildman–Crippen LogP) is 5.47. The summed E-state index contributed by atoms with van der Waals surface area (Å²) >= 11 is 0. The number of nitrogens with zero attached hydrogens (tertiary/aromatic N) is 2. The van der Waals surface area contributed by atoms with Crippen molar-refractivity contribution in [3.8, 4) is 0 Å². The Balaban J connectivity index is 1.71. The molecule has 0 amide bonds. The molecule has 3 aromatic rings. The second-order valence-corrected chi connectivity index (χ2v) is 9.72. The van der Waals surface area contributed by atoms with Crippen LogP contribution in [0.1, 0.15) is 29.2 Å². The number of benzene rings is 2. The Morgan fingerprint density at radius 3 is 2.73 bits per heavy atom. The van der Waals surface area contributed by atoms with Crippen LogP contribution in [0.5, 0.6) is 0 Å². The number of halogens is 2. The molecule has 4 rings (SSSR count). The van der Waals surface area contributed by atoms with Crippen molar-refractivity contribution < 1.29 is 22.4 Å². The van der Waals surface area contributed by atoms with E-state index in [0.29, 0.717) is 12.0 Å². The minimum absolute atomic E-state index is 0.187. The molecule has 0 aliphatic carbocycles. The zero-order chi connectivity index (χ0) is 21.5. The molecular formula is C22H25F2N2O3P. The molecule has 1 aliphatic rings. The van der Waals surface area contributed by atoms with Gasteiger partial charge in [0.25, 0.3) is 0 Å². The molecule has 1 aromatic heterocycles. The number of para-hydroxylation sites is 1. The fraction of sp³-hybridized carbons (Fsp3) is 0.364. The van der Waals surface area contributed by atoms with E-state index in [9.17, 15) is 13.3 Å². The number of aryl methyl sites for hydroxylation is 1. The molecule has 5 nitrogen and oxygen atoms in total. The second kappa shape index (κ2) is 8.23. The average molecular weight is 434 g/mol. The summed E-state index contributed by atoms with van der Waals surface area (Å²) in [4.78, 5) is 2.09. The van der Waals surface area contributed by atoms with Crippen LogP contribution in [0.4, 0.5) is 8.78 Å². The van der Waals surface area contributed by atoms with E-state index in [2.05, 4.69) is 4.90 Å². The van der Waals surface area contributed by atoms with Gasteiger partial charge in [0.15, 0.2) is 11.6 Å². The lowest BCUT2D eigenvalue weighted by Gasteiger charge is -2.30. The highest BCUT2D eigenvalue weighted by Crippen LogP contribution is 2.58. The van der Waals surface area contributed by atoms with E-state index in [1.807, 2.05) is 44.6 Å². The summed E-state index contributed by atoms with van der Waals surface area (Å²) in [5, 5.41) is 0.993. The van der Waals surface area contributed by atoms with Gasteiger partial charge in [-0.3, -0.25) is 13.4 Å². The molecule has 0 N–H and O–H groups in total. The van der Waals surface area contributed by atoms with Crippen molar-refractivity contribution in [2.75, 3.05) is 27.2 Å². The maximum Gasteiger partial charge on any atom is 0.439 e. The fourth-order valence-electron chi connectivity index (χ4n) is 3.78. The van der Waals surface area contributed by atoms with Gasteiger partial charge in [-0.15, -0.1) is 0 Å². The van der Waals surface area contributed by atoms with Crippen LogP contribution in [0.25, 0.3) is 10.9 Å². The van der Waals surface area contributed by atoms with E-state index >= 15 is 0 Å². The maximum atomic E-state index is 13.9. The van der Waals surface area contributed by atoms with E-state index in [-0.39, 0.29) is 12.2 Å². The lowest BCUT2D eigenvalue weighted by atomic mass is 10.0. The molecule has 0 saturated carbocycles. The van der Waals surface area contributed by atoms with Crippen LogP contribution >= 0.6 is 7.75 Å². The van der Waals surface area contributed by atoms with Crippen molar-refractivity contribution >= 4 is 18.6 Å². The Hall–Kier alpha value is -2.05. The van der Waals surface area contributed by atoms with E-state index < -0.39 is 25.5 Å². The number of hydrogen-bond donors (Lipinski definition) is 0. The van der Waals surface area contributed by atoms with Crippen LogP contribution in [0.3, 0.4) is 0 Å². The van der Waals surface area contributed by atoms with Crippen molar-refractivity contribution in [1.82, 2.24) is 9.24 Å². The molecule has 2 atom stereocenters. The van der Waals surface area contributed by atoms with Crippen LogP contribution in [-0.2, 0) is 20.0 Å². The summed E-state index contributed by atoms with van der Waals surface area (Å²) < 4.78 is 54.6. The minimum Gasteiger partial charge on any atom is -0.309 e. The van der Waals surface area contributed by atoms with Crippen molar-refractivity contribution in [3.05, 3.63) is 70.9 Å².